The maximum atomic E-state index is 10.4. The first-order valence-corrected chi connectivity index (χ1v) is 3.54. The van der Waals surface area contributed by atoms with Gasteiger partial charge in [0.05, 0.1) is 6.54 Å². The summed E-state index contributed by atoms with van der Waals surface area (Å²) in [7, 11) is 0. The predicted octanol–water partition coefficient (Wildman–Crippen LogP) is 0.593. The first kappa shape index (κ1) is 7.85. The second-order valence-corrected chi connectivity index (χ2v) is 2.28. The minimum atomic E-state index is 0.0415. The summed E-state index contributed by atoms with van der Waals surface area (Å²) in [6, 6.07) is 0. The molecule has 1 saturated heterocycles. The normalized spacial score (nSPS) is 20.3. The SMILES string of the molecule is CC(=O)/C=C\C=C1/NCCO1. The Kier molecular flexibility index (Phi) is 2.72. The van der Waals surface area contributed by atoms with E-state index < -0.39 is 0 Å². The van der Waals surface area contributed by atoms with Crippen molar-refractivity contribution in [2.75, 3.05) is 13.2 Å². The van der Waals surface area contributed by atoms with E-state index in [2.05, 4.69) is 5.32 Å². The molecule has 0 unspecified atom stereocenters. The van der Waals surface area contributed by atoms with Crippen molar-refractivity contribution in [1.29, 1.82) is 0 Å². The van der Waals surface area contributed by atoms with Gasteiger partial charge in [0, 0.05) is 0 Å². The number of ketones is 1. The number of allylic oxidation sites excluding steroid dienone is 3. The van der Waals surface area contributed by atoms with Crippen molar-refractivity contribution in [2.45, 2.75) is 6.92 Å². The Morgan fingerprint density at radius 3 is 3.09 bits per heavy atom. The van der Waals surface area contributed by atoms with Gasteiger partial charge in [0.25, 0.3) is 0 Å². The summed E-state index contributed by atoms with van der Waals surface area (Å²) in [5.41, 5.74) is 0. The molecule has 1 rings (SSSR count). The largest absolute Gasteiger partial charge is 0.477 e. The van der Waals surface area contributed by atoms with E-state index in [-0.39, 0.29) is 5.78 Å². The average molecular weight is 153 g/mol. The number of hydrogen-bond acceptors (Lipinski definition) is 3. The lowest BCUT2D eigenvalue weighted by Gasteiger charge is -1.93. The molecule has 0 aliphatic carbocycles. The summed E-state index contributed by atoms with van der Waals surface area (Å²) >= 11 is 0. The van der Waals surface area contributed by atoms with Crippen molar-refractivity contribution in [3.05, 3.63) is 24.1 Å². The van der Waals surface area contributed by atoms with Gasteiger partial charge in [-0.3, -0.25) is 4.79 Å². The van der Waals surface area contributed by atoms with Crippen molar-refractivity contribution in [3.63, 3.8) is 0 Å². The van der Waals surface area contributed by atoms with Crippen molar-refractivity contribution in [3.8, 4) is 0 Å². The van der Waals surface area contributed by atoms with E-state index in [1.807, 2.05) is 0 Å². The van der Waals surface area contributed by atoms with Gasteiger partial charge in [0.2, 0.25) is 0 Å². The Bertz CT molecular complexity index is 198. The fraction of sp³-hybridized carbons (Fsp3) is 0.375. The van der Waals surface area contributed by atoms with Crippen LogP contribution in [0.15, 0.2) is 24.1 Å². The Balaban J connectivity index is 2.39. The van der Waals surface area contributed by atoms with E-state index in [4.69, 9.17) is 4.74 Å². The van der Waals surface area contributed by atoms with E-state index in [0.29, 0.717) is 6.61 Å². The van der Waals surface area contributed by atoms with Crippen LogP contribution in [-0.4, -0.2) is 18.9 Å². The van der Waals surface area contributed by atoms with Crippen LogP contribution in [0.4, 0.5) is 0 Å². The van der Waals surface area contributed by atoms with Crippen LogP contribution >= 0.6 is 0 Å². The predicted molar refractivity (Wildman–Crippen MR) is 41.9 cm³/mol. The number of carbonyl (C=O) groups is 1. The van der Waals surface area contributed by atoms with Crippen molar-refractivity contribution < 1.29 is 9.53 Å². The smallest absolute Gasteiger partial charge is 0.186 e. The van der Waals surface area contributed by atoms with E-state index in [0.717, 1.165) is 12.4 Å². The summed E-state index contributed by atoms with van der Waals surface area (Å²) in [6.45, 7) is 3.07. The zero-order valence-electron chi connectivity index (χ0n) is 6.46. The molecule has 0 atom stereocenters. The molecule has 0 aromatic heterocycles. The standard InChI is InChI=1S/C8H11NO2/c1-7(10)3-2-4-8-9-5-6-11-8/h2-4,9H,5-6H2,1H3/b3-2-,8-4+. The third kappa shape index (κ3) is 2.89. The Labute approximate surface area is 65.7 Å². The summed E-state index contributed by atoms with van der Waals surface area (Å²) in [5, 5.41) is 3.01. The lowest BCUT2D eigenvalue weighted by atomic mass is 10.4. The molecule has 0 saturated carbocycles. The second kappa shape index (κ2) is 3.81. The number of nitrogens with one attached hydrogen (secondary N) is 1. The van der Waals surface area contributed by atoms with Gasteiger partial charge in [-0.1, -0.05) is 6.08 Å². The van der Waals surface area contributed by atoms with Crippen LogP contribution in [0, 0.1) is 0 Å². The van der Waals surface area contributed by atoms with E-state index >= 15 is 0 Å². The van der Waals surface area contributed by atoms with Crippen molar-refractivity contribution in [1.82, 2.24) is 5.32 Å². The molecule has 0 aromatic rings. The molecule has 60 valence electrons. The van der Waals surface area contributed by atoms with Gasteiger partial charge in [-0.15, -0.1) is 0 Å². The lowest BCUT2D eigenvalue weighted by Crippen LogP contribution is -2.03. The Morgan fingerprint density at radius 2 is 2.55 bits per heavy atom. The summed E-state index contributed by atoms with van der Waals surface area (Å²) in [4.78, 5) is 10.4. The van der Waals surface area contributed by atoms with E-state index in [1.54, 1.807) is 12.2 Å². The highest BCUT2D eigenvalue weighted by molar-refractivity contribution is 5.87. The highest BCUT2D eigenvalue weighted by Gasteiger charge is 2.02. The molecule has 0 spiro atoms. The molecule has 0 aromatic carbocycles. The molecule has 1 heterocycles. The highest BCUT2D eigenvalue weighted by atomic mass is 16.5. The molecule has 1 aliphatic rings. The van der Waals surface area contributed by atoms with Gasteiger partial charge in [-0.05, 0) is 19.1 Å². The molecule has 0 amide bonds. The highest BCUT2D eigenvalue weighted by Crippen LogP contribution is 1.98. The Morgan fingerprint density at radius 1 is 1.73 bits per heavy atom. The summed E-state index contributed by atoms with van der Waals surface area (Å²) in [6.07, 6.45) is 4.92. The van der Waals surface area contributed by atoms with E-state index in [9.17, 15) is 4.79 Å². The van der Waals surface area contributed by atoms with Crippen molar-refractivity contribution >= 4 is 5.78 Å². The fourth-order valence-electron chi connectivity index (χ4n) is 0.764. The molecule has 0 bridgehead atoms. The molecule has 3 heteroatoms. The van der Waals surface area contributed by atoms with Gasteiger partial charge < -0.3 is 10.1 Å². The van der Waals surface area contributed by atoms with Crippen LogP contribution in [0.1, 0.15) is 6.92 Å². The number of ether oxygens (including phenoxy) is 1. The second-order valence-electron chi connectivity index (χ2n) is 2.28. The topological polar surface area (TPSA) is 38.3 Å². The number of carbonyl (C=O) groups excluding carboxylic acids is 1. The van der Waals surface area contributed by atoms with E-state index in [1.165, 1.54) is 13.0 Å². The van der Waals surface area contributed by atoms with Crippen LogP contribution in [0.3, 0.4) is 0 Å². The minimum absolute atomic E-state index is 0.0415. The van der Waals surface area contributed by atoms with Crippen LogP contribution in [0.2, 0.25) is 0 Å². The molecule has 1 N–H and O–H groups in total. The number of hydrogen-bond donors (Lipinski definition) is 1. The minimum Gasteiger partial charge on any atom is -0.477 e. The molecule has 1 aliphatic heterocycles. The maximum absolute atomic E-state index is 10.4. The molecular weight excluding hydrogens is 142 g/mol. The Hall–Kier alpha value is -1.25. The zero-order valence-corrected chi connectivity index (χ0v) is 6.46. The summed E-state index contributed by atoms with van der Waals surface area (Å²) in [5.74, 6) is 0.780. The average Bonchev–Trinajstić information content (AvgIpc) is 2.39. The monoisotopic (exact) mass is 153 g/mol. The van der Waals surface area contributed by atoms with Gasteiger partial charge in [-0.2, -0.15) is 0 Å². The van der Waals surface area contributed by atoms with Crippen molar-refractivity contribution in [2.24, 2.45) is 0 Å². The van der Waals surface area contributed by atoms with Crippen LogP contribution < -0.4 is 5.32 Å². The summed E-state index contributed by atoms with van der Waals surface area (Å²) < 4.78 is 5.12. The van der Waals surface area contributed by atoms with Crippen LogP contribution in [0.5, 0.6) is 0 Å². The van der Waals surface area contributed by atoms with Gasteiger partial charge >= 0.3 is 0 Å². The molecule has 1 fully saturated rings. The first-order valence-electron chi connectivity index (χ1n) is 3.54. The molecular formula is C8H11NO2. The van der Waals surface area contributed by atoms with Gasteiger partial charge in [-0.25, -0.2) is 0 Å². The fourth-order valence-corrected chi connectivity index (χ4v) is 0.764. The third-order valence-corrected chi connectivity index (χ3v) is 1.24. The van der Waals surface area contributed by atoms with Gasteiger partial charge in [0.15, 0.2) is 11.7 Å². The number of rotatable bonds is 2. The zero-order chi connectivity index (χ0) is 8.10. The molecule has 11 heavy (non-hydrogen) atoms. The third-order valence-electron chi connectivity index (χ3n) is 1.24. The molecule has 0 radical (unpaired) electrons. The molecule has 3 nitrogen and oxygen atoms in total. The van der Waals surface area contributed by atoms with Gasteiger partial charge in [0.1, 0.15) is 6.61 Å². The lowest BCUT2D eigenvalue weighted by molar-refractivity contribution is -0.112. The van der Waals surface area contributed by atoms with Crippen LogP contribution in [-0.2, 0) is 9.53 Å². The quantitative estimate of drug-likeness (QED) is 0.590. The maximum Gasteiger partial charge on any atom is 0.186 e. The first-order chi connectivity index (χ1) is 5.29. The van der Waals surface area contributed by atoms with Crippen LogP contribution in [0.25, 0.3) is 0 Å².